The van der Waals surface area contributed by atoms with Gasteiger partial charge in [0.25, 0.3) is 0 Å². The van der Waals surface area contributed by atoms with E-state index in [0.717, 1.165) is 64.1 Å². The number of ether oxygens (including phenoxy) is 2. The average molecular weight is 490 g/mol. The van der Waals surface area contributed by atoms with Crippen LogP contribution in [0.4, 0.5) is 0 Å². The molecule has 1 heterocycles. The second-order valence-corrected chi connectivity index (χ2v) is 6.57. The highest BCUT2D eigenvalue weighted by Gasteiger charge is 2.10. The van der Waals surface area contributed by atoms with E-state index in [9.17, 15) is 0 Å². The molecule has 1 aromatic carbocycles. The molecule has 1 fully saturated rings. The van der Waals surface area contributed by atoms with Crippen molar-refractivity contribution in [1.29, 1.82) is 0 Å². The summed E-state index contributed by atoms with van der Waals surface area (Å²) in [6.07, 6.45) is 2.35. The predicted octanol–water partition coefficient (Wildman–Crippen LogP) is 2.82. The van der Waals surface area contributed by atoms with Gasteiger partial charge < -0.3 is 19.7 Å². The van der Waals surface area contributed by atoms with Gasteiger partial charge in [0.1, 0.15) is 5.75 Å². The second kappa shape index (κ2) is 14.0. The van der Waals surface area contributed by atoms with E-state index in [2.05, 4.69) is 39.3 Å². The van der Waals surface area contributed by atoms with Crippen LogP contribution in [0.15, 0.2) is 29.3 Å². The van der Waals surface area contributed by atoms with Crippen LogP contribution in [0.5, 0.6) is 5.75 Å². The van der Waals surface area contributed by atoms with Crippen molar-refractivity contribution in [2.45, 2.75) is 26.3 Å². The van der Waals surface area contributed by atoms with Crippen molar-refractivity contribution in [2.24, 2.45) is 4.99 Å². The molecule has 27 heavy (non-hydrogen) atoms. The number of aliphatic imine (C=N–C) groups is 1. The summed E-state index contributed by atoms with van der Waals surface area (Å²) in [5.41, 5.74) is 1.24. The Morgan fingerprint density at radius 3 is 2.56 bits per heavy atom. The summed E-state index contributed by atoms with van der Waals surface area (Å²) >= 11 is 0. The highest BCUT2D eigenvalue weighted by atomic mass is 127. The maximum Gasteiger partial charge on any atom is 0.193 e. The molecular formula is C20H35IN4O2. The van der Waals surface area contributed by atoms with Crippen LogP contribution in [0.25, 0.3) is 0 Å². The number of unbranched alkanes of at least 4 members (excludes halogenated alkanes) is 1. The zero-order valence-electron chi connectivity index (χ0n) is 16.9. The molecule has 1 aliphatic heterocycles. The number of guanidine groups is 1. The second-order valence-electron chi connectivity index (χ2n) is 6.57. The summed E-state index contributed by atoms with van der Waals surface area (Å²) in [5.74, 6) is 1.85. The smallest absolute Gasteiger partial charge is 0.193 e. The van der Waals surface area contributed by atoms with Crippen molar-refractivity contribution in [3.63, 3.8) is 0 Å². The Morgan fingerprint density at radius 1 is 1.22 bits per heavy atom. The Morgan fingerprint density at radius 2 is 1.93 bits per heavy atom. The summed E-state index contributed by atoms with van der Waals surface area (Å²) in [6.45, 7) is 9.51. The summed E-state index contributed by atoms with van der Waals surface area (Å²) in [6, 6.07) is 8.26. The van der Waals surface area contributed by atoms with Crippen LogP contribution in [-0.2, 0) is 11.3 Å². The van der Waals surface area contributed by atoms with E-state index in [1.807, 2.05) is 26.1 Å². The van der Waals surface area contributed by atoms with E-state index in [1.54, 1.807) is 0 Å². The van der Waals surface area contributed by atoms with Gasteiger partial charge in [-0.15, -0.1) is 24.0 Å². The maximum atomic E-state index is 5.49. The van der Waals surface area contributed by atoms with Crippen LogP contribution in [0.1, 0.15) is 25.3 Å². The van der Waals surface area contributed by atoms with E-state index < -0.39 is 0 Å². The molecule has 2 rings (SSSR count). The van der Waals surface area contributed by atoms with Gasteiger partial charge >= 0.3 is 0 Å². The van der Waals surface area contributed by atoms with Gasteiger partial charge in [-0.25, -0.2) is 0 Å². The molecule has 0 atom stereocenters. The average Bonchev–Trinajstić information content (AvgIpc) is 2.67. The summed E-state index contributed by atoms with van der Waals surface area (Å²) in [4.78, 5) is 9.03. The molecule has 0 aliphatic carbocycles. The number of hydrogen-bond donors (Lipinski definition) is 1. The third-order valence-electron chi connectivity index (χ3n) is 4.52. The first-order valence-corrected chi connectivity index (χ1v) is 9.66. The molecule has 0 radical (unpaired) electrons. The van der Waals surface area contributed by atoms with Crippen LogP contribution >= 0.6 is 24.0 Å². The Bertz CT molecular complexity index is 533. The standard InChI is InChI=1S/C20H34N4O2.HI/c1-4-26-19-9-7-18(8-10-19)17-23(3)20(21-2)22-11-5-6-12-24-13-15-25-16-14-24;/h7-10H,4-6,11-17H2,1-3H3,(H,21,22);1H. The van der Waals surface area contributed by atoms with Gasteiger partial charge in [-0.05, 0) is 44.0 Å². The molecule has 7 heteroatoms. The molecule has 1 saturated heterocycles. The highest BCUT2D eigenvalue weighted by Crippen LogP contribution is 2.13. The van der Waals surface area contributed by atoms with Crippen molar-refractivity contribution in [3.05, 3.63) is 29.8 Å². The molecule has 0 saturated carbocycles. The molecule has 0 unspecified atom stereocenters. The van der Waals surface area contributed by atoms with Gasteiger partial charge in [0, 0.05) is 40.3 Å². The molecule has 1 N–H and O–H groups in total. The van der Waals surface area contributed by atoms with Gasteiger partial charge in [-0.3, -0.25) is 9.89 Å². The largest absolute Gasteiger partial charge is 0.494 e. The number of nitrogens with one attached hydrogen (secondary N) is 1. The van der Waals surface area contributed by atoms with Crippen molar-refractivity contribution in [2.75, 3.05) is 60.1 Å². The Kier molecular flexibility index (Phi) is 12.4. The Hall–Kier alpha value is -1.06. The number of morpholine rings is 1. The fraction of sp³-hybridized carbons (Fsp3) is 0.650. The van der Waals surface area contributed by atoms with E-state index in [-0.39, 0.29) is 24.0 Å². The molecule has 1 aliphatic rings. The minimum atomic E-state index is 0. The van der Waals surface area contributed by atoms with Crippen LogP contribution in [0.2, 0.25) is 0 Å². The first-order valence-electron chi connectivity index (χ1n) is 9.66. The molecule has 1 aromatic rings. The number of benzene rings is 1. The zero-order valence-corrected chi connectivity index (χ0v) is 19.3. The zero-order chi connectivity index (χ0) is 18.6. The Labute approximate surface area is 181 Å². The van der Waals surface area contributed by atoms with E-state index in [1.165, 1.54) is 12.0 Å². The third kappa shape index (κ3) is 9.12. The topological polar surface area (TPSA) is 49.3 Å². The quantitative estimate of drug-likeness (QED) is 0.250. The fourth-order valence-electron chi connectivity index (χ4n) is 3.08. The SMILES string of the molecule is CCOc1ccc(CN(C)C(=NC)NCCCCN2CCOCC2)cc1.I. The molecular weight excluding hydrogens is 455 g/mol. The summed E-state index contributed by atoms with van der Waals surface area (Å²) < 4.78 is 10.9. The fourth-order valence-corrected chi connectivity index (χ4v) is 3.08. The predicted molar refractivity (Wildman–Crippen MR) is 122 cm³/mol. The number of hydrogen-bond acceptors (Lipinski definition) is 4. The van der Waals surface area contributed by atoms with Gasteiger partial charge in [-0.1, -0.05) is 12.1 Å². The van der Waals surface area contributed by atoms with Crippen LogP contribution in [0, 0.1) is 0 Å². The van der Waals surface area contributed by atoms with Crippen LogP contribution < -0.4 is 10.1 Å². The first kappa shape index (κ1) is 24.0. The summed E-state index contributed by atoms with van der Waals surface area (Å²) in [5, 5.41) is 3.47. The van der Waals surface area contributed by atoms with E-state index in [0.29, 0.717) is 6.61 Å². The van der Waals surface area contributed by atoms with Crippen molar-refractivity contribution >= 4 is 29.9 Å². The Balaban J connectivity index is 0.00000364. The van der Waals surface area contributed by atoms with Gasteiger partial charge in [-0.2, -0.15) is 0 Å². The highest BCUT2D eigenvalue weighted by molar-refractivity contribution is 14.0. The van der Waals surface area contributed by atoms with Crippen LogP contribution in [0.3, 0.4) is 0 Å². The van der Waals surface area contributed by atoms with Crippen molar-refractivity contribution in [1.82, 2.24) is 15.1 Å². The summed E-state index contributed by atoms with van der Waals surface area (Å²) in [7, 11) is 3.91. The minimum Gasteiger partial charge on any atom is -0.494 e. The van der Waals surface area contributed by atoms with E-state index in [4.69, 9.17) is 9.47 Å². The molecule has 0 amide bonds. The maximum absolute atomic E-state index is 5.49. The van der Waals surface area contributed by atoms with Crippen molar-refractivity contribution < 1.29 is 9.47 Å². The molecule has 154 valence electrons. The number of halogens is 1. The van der Waals surface area contributed by atoms with Gasteiger partial charge in [0.05, 0.1) is 19.8 Å². The monoisotopic (exact) mass is 490 g/mol. The third-order valence-corrected chi connectivity index (χ3v) is 4.52. The lowest BCUT2D eigenvalue weighted by atomic mass is 10.2. The lowest BCUT2D eigenvalue weighted by Gasteiger charge is -2.26. The van der Waals surface area contributed by atoms with Gasteiger partial charge in [0.15, 0.2) is 5.96 Å². The van der Waals surface area contributed by atoms with Crippen molar-refractivity contribution in [3.8, 4) is 5.75 Å². The molecule has 6 nitrogen and oxygen atoms in total. The molecule has 0 spiro atoms. The number of nitrogens with zero attached hydrogens (tertiary/aromatic N) is 3. The minimum absolute atomic E-state index is 0. The van der Waals surface area contributed by atoms with Crippen LogP contribution in [-0.4, -0.2) is 75.9 Å². The lowest BCUT2D eigenvalue weighted by molar-refractivity contribution is 0.0372. The first-order chi connectivity index (χ1) is 12.7. The van der Waals surface area contributed by atoms with E-state index >= 15 is 0 Å². The molecule has 0 bridgehead atoms. The lowest BCUT2D eigenvalue weighted by Crippen LogP contribution is -2.39. The molecule has 0 aromatic heterocycles. The normalized spacial score (nSPS) is 15.1. The van der Waals surface area contributed by atoms with Gasteiger partial charge in [0.2, 0.25) is 0 Å². The number of rotatable bonds is 9.